The van der Waals surface area contributed by atoms with E-state index in [4.69, 9.17) is 4.42 Å². The third-order valence-corrected chi connectivity index (χ3v) is 3.71. The van der Waals surface area contributed by atoms with E-state index < -0.39 is 6.10 Å². The number of aliphatic hydroxyl groups is 1. The Kier molecular flexibility index (Phi) is 5.26. The first-order valence-electron chi connectivity index (χ1n) is 6.37. The van der Waals surface area contributed by atoms with Crippen molar-refractivity contribution in [3.8, 4) is 0 Å². The highest BCUT2D eigenvalue weighted by molar-refractivity contribution is 7.98. The molecule has 1 atom stereocenters. The molecule has 4 nitrogen and oxygen atoms in total. The van der Waals surface area contributed by atoms with Crippen molar-refractivity contribution in [1.29, 1.82) is 0 Å². The number of nitrogens with one attached hydrogen (secondary N) is 1. The Bertz CT molecular complexity index is 551. The molecule has 0 saturated carbocycles. The number of hydrogen-bond acceptors (Lipinski definition) is 4. The van der Waals surface area contributed by atoms with Gasteiger partial charge in [0.1, 0.15) is 0 Å². The number of carbonyl (C=O) groups excluding carboxylic acids is 1. The zero-order valence-corrected chi connectivity index (χ0v) is 12.0. The van der Waals surface area contributed by atoms with E-state index in [2.05, 4.69) is 5.32 Å². The van der Waals surface area contributed by atoms with Crippen LogP contribution in [0, 0.1) is 0 Å². The minimum atomic E-state index is -0.573. The molecule has 0 radical (unpaired) electrons. The Labute approximate surface area is 122 Å². The summed E-state index contributed by atoms with van der Waals surface area (Å²) in [5, 5.41) is 11.8. The van der Waals surface area contributed by atoms with Crippen LogP contribution in [-0.4, -0.2) is 23.7 Å². The Morgan fingerprint density at radius 1 is 1.35 bits per heavy atom. The molecule has 0 saturated heterocycles. The maximum absolute atomic E-state index is 11.9. The van der Waals surface area contributed by atoms with Crippen LogP contribution in [0.4, 0.5) is 0 Å². The first kappa shape index (κ1) is 14.7. The van der Waals surface area contributed by atoms with Crippen molar-refractivity contribution >= 4 is 17.7 Å². The van der Waals surface area contributed by atoms with E-state index in [1.54, 1.807) is 24.8 Å². The van der Waals surface area contributed by atoms with Gasteiger partial charge in [0.05, 0.1) is 12.4 Å². The van der Waals surface area contributed by atoms with Gasteiger partial charge >= 0.3 is 0 Å². The van der Waals surface area contributed by atoms with Crippen molar-refractivity contribution < 1.29 is 14.3 Å². The van der Waals surface area contributed by atoms with Crippen LogP contribution < -0.4 is 5.32 Å². The lowest BCUT2D eigenvalue weighted by atomic mass is 10.2. The van der Waals surface area contributed by atoms with Crippen LogP contribution in [0.2, 0.25) is 0 Å². The molecule has 2 aromatic rings. The van der Waals surface area contributed by atoms with Crippen LogP contribution in [0.15, 0.2) is 52.0 Å². The van der Waals surface area contributed by atoms with Crippen molar-refractivity contribution in [3.63, 3.8) is 0 Å². The maximum atomic E-state index is 11.9. The molecule has 1 unspecified atom stereocenters. The molecule has 0 aliphatic rings. The number of aliphatic hydroxyl groups excluding tert-OH is 1. The van der Waals surface area contributed by atoms with Crippen molar-refractivity contribution in [1.82, 2.24) is 5.32 Å². The Hall–Kier alpha value is -1.72. The first-order chi connectivity index (χ1) is 9.66. The Morgan fingerprint density at radius 3 is 2.80 bits per heavy atom. The molecular formula is C15H17NO3S. The number of rotatable bonds is 6. The van der Waals surface area contributed by atoms with Gasteiger partial charge in [-0.2, -0.15) is 0 Å². The summed E-state index contributed by atoms with van der Waals surface area (Å²) in [6.07, 6.45) is 0.939. The molecule has 0 fully saturated rings. The van der Waals surface area contributed by atoms with Crippen LogP contribution >= 0.6 is 11.8 Å². The molecule has 2 rings (SSSR count). The van der Waals surface area contributed by atoms with Crippen LogP contribution in [0.1, 0.15) is 23.0 Å². The van der Waals surface area contributed by atoms with Gasteiger partial charge in [-0.05, 0) is 25.1 Å². The topological polar surface area (TPSA) is 62.5 Å². The van der Waals surface area contributed by atoms with Crippen LogP contribution in [0.3, 0.4) is 0 Å². The normalized spacial score (nSPS) is 12.1. The standard InChI is InChI=1S/C15H17NO3S/c1-11(17)9-16-15(18)14-12(7-8-19-14)10-20-13-5-3-2-4-6-13/h2-8,11,17H,9-10H2,1H3,(H,16,18). The zero-order chi connectivity index (χ0) is 14.4. The number of amides is 1. The third-order valence-electron chi connectivity index (χ3n) is 2.65. The molecule has 0 bridgehead atoms. The van der Waals surface area contributed by atoms with Gasteiger partial charge in [0, 0.05) is 22.8 Å². The van der Waals surface area contributed by atoms with E-state index in [1.807, 2.05) is 30.3 Å². The van der Waals surface area contributed by atoms with Crippen molar-refractivity contribution in [2.75, 3.05) is 6.54 Å². The minimum absolute atomic E-state index is 0.213. The number of benzene rings is 1. The van der Waals surface area contributed by atoms with E-state index in [0.29, 0.717) is 11.5 Å². The van der Waals surface area contributed by atoms with Gasteiger partial charge in [-0.15, -0.1) is 11.8 Å². The maximum Gasteiger partial charge on any atom is 0.287 e. The molecule has 5 heteroatoms. The largest absolute Gasteiger partial charge is 0.459 e. The van der Waals surface area contributed by atoms with Gasteiger partial charge in [0.2, 0.25) is 0 Å². The van der Waals surface area contributed by atoms with Gasteiger partial charge in [-0.3, -0.25) is 4.79 Å². The summed E-state index contributed by atoms with van der Waals surface area (Å²) in [6.45, 7) is 1.83. The lowest BCUT2D eigenvalue weighted by Crippen LogP contribution is -2.30. The molecule has 20 heavy (non-hydrogen) atoms. The summed E-state index contributed by atoms with van der Waals surface area (Å²) in [6, 6.07) is 11.8. The summed E-state index contributed by atoms with van der Waals surface area (Å²) in [5.74, 6) is 0.687. The SMILES string of the molecule is CC(O)CNC(=O)c1occc1CSc1ccccc1. The molecule has 1 heterocycles. The van der Waals surface area contributed by atoms with Gasteiger partial charge in [0.15, 0.2) is 5.76 Å². The van der Waals surface area contributed by atoms with E-state index in [1.165, 1.54) is 6.26 Å². The van der Waals surface area contributed by atoms with Crippen molar-refractivity contribution in [2.45, 2.75) is 23.7 Å². The summed E-state index contributed by atoms with van der Waals surface area (Å²) < 4.78 is 5.24. The summed E-state index contributed by atoms with van der Waals surface area (Å²) in [5.41, 5.74) is 0.849. The molecule has 1 amide bonds. The predicted molar refractivity (Wildman–Crippen MR) is 78.7 cm³/mol. The van der Waals surface area contributed by atoms with Crippen LogP contribution in [0.5, 0.6) is 0 Å². The fraction of sp³-hybridized carbons (Fsp3) is 0.267. The second kappa shape index (κ2) is 7.17. The number of thioether (sulfide) groups is 1. The van der Waals surface area contributed by atoms with Gasteiger partial charge in [-0.1, -0.05) is 18.2 Å². The lowest BCUT2D eigenvalue weighted by molar-refractivity contribution is 0.0895. The molecule has 106 valence electrons. The zero-order valence-electron chi connectivity index (χ0n) is 11.2. The van der Waals surface area contributed by atoms with Crippen LogP contribution in [0.25, 0.3) is 0 Å². The van der Waals surface area contributed by atoms with Gasteiger partial charge < -0.3 is 14.8 Å². The molecule has 0 aliphatic heterocycles. The van der Waals surface area contributed by atoms with Crippen LogP contribution in [-0.2, 0) is 5.75 Å². The predicted octanol–water partition coefficient (Wildman–Crippen LogP) is 2.68. The summed E-state index contributed by atoms with van der Waals surface area (Å²) >= 11 is 1.64. The second-order valence-electron chi connectivity index (χ2n) is 4.44. The quantitative estimate of drug-likeness (QED) is 0.803. The highest BCUT2D eigenvalue weighted by Crippen LogP contribution is 2.24. The lowest BCUT2D eigenvalue weighted by Gasteiger charge is -2.07. The molecule has 0 aliphatic carbocycles. The fourth-order valence-electron chi connectivity index (χ4n) is 1.65. The Morgan fingerprint density at radius 2 is 2.10 bits per heavy atom. The summed E-state index contributed by atoms with van der Waals surface area (Å²) in [4.78, 5) is 13.1. The molecule has 0 spiro atoms. The summed E-state index contributed by atoms with van der Waals surface area (Å²) in [7, 11) is 0. The molecule has 1 aromatic carbocycles. The fourth-order valence-corrected chi connectivity index (χ4v) is 2.55. The number of carbonyl (C=O) groups is 1. The highest BCUT2D eigenvalue weighted by atomic mass is 32.2. The van der Waals surface area contributed by atoms with Gasteiger partial charge in [-0.25, -0.2) is 0 Å². The monoisotopic (exact) mass is 291 g/mol. The number of hydrogen-bond donors (Lipinski definition) is 2. The molecular weight excluding hydrogens is 274 g/mol. The number of furan rings is 1. The Balaban J connectivity index is 1.96. The van der Waals surface area contributed by atoms with E-state index in [9.17, 15) is 9.90 Å². The third kappa shape index (κ3) is 4.15. The average molecular weight is 291 g/mol. The van der Waals surface area contributed by atoms with Crippen molar-refractivity contribution in [2.24, 2.45) is 0 Å². The van der Waals surface area contributed by atoms with Gasteiger partial charge in [0.25, 0.3) is 5.91 Å². The first-order valence-corrected chi connectivity index (χ1v) is 7.36. The van der Waals surface area contributed by atoms with Crippen molar-refractivity contribution in [3.05, 3.63) is 54.0 Å². The van der Waals surface area contributed by atoms with E-state index >= 15 is 0 Å². The smallest absolute Gasteiger partial charge is 0.287 e. The molecule has 2 N–H and O–H groups in total. The van der Waals surface area contributed by atoms with E-state index in [-0.39, 0.29) is 12.5 Å². The molecule has 1 aromatic heterocycles. The second-order valence-corrected chi connectivity index (χ2v) is 5.48. The average Bonchev–Trinajstić information content (AvgIpc) is 2.92. The minimum Gasteiger partial charge on any atom is -0.459 e. The highest BCUT2D eigenvalue weighted by Gasteiger charge is 2.15. The van der Waals surface area contributed by atoms with E-state index in [0.717, 1.165) is 10.5 Å².